The molecular weight excluding hydrogens is 396 g/mol. The second-order valence-corrected chi connectivity index (χ2v) is 9.23. The van der Waals surface area contributed by atoms with Crippen molar-refractivity contribution >= 4 is 21.6 Å². The molecular formula is C24H26N2O3S. The number of sulfonamides is 1. The number of aryl methyl sites for hydroxylation is 1. The average Bonchev–Trinajstić information content (AvgIpc) is 2.73. The van der Waals surface area contributed by atoms with E-state index in [4.69, 9.17) is 0 Å². The van der Waals surface area contributed by atoms with E-state index in [1.165, 1.54) is 12.1 Å². The zero-order valence-corrected chi connectivity index (χ0v) is 18.1. The van der Waals surface area contributed by atoms with Gasteiger partial charge in [-0.1, -0.05) is 56.3 Å². The standard InChI is InChI=1S/C24H26N2O3S/c1-17(2)23(22-12-8-7-9-18(22)3)25-24(27)19-13-15-20(16-14-19)26-30(28,29)21-10-5-4-6-11-21/h4-17,23,26H,1-3H3,(H,25,27)/t23-/m0/s1. The number of amides is 1. The van der Waals surface area contributed by atoms with Gasteiger partial charge in [0.05, 0.1) is 10.9 Å². The fourth-order valence-corrected chi connectivity index (χ4v) is 4.35. The third-order valence-electron chi connectivity index (χ3n) is 4.93. The molecule has 0 aromatic heterocycles. The van der Waals surface area contributed by atoms with Gasteiger partial charge >= 0.3 is 0 Å². The van der Waals surface area contributed by atoms with E-state index in [9.17, 15) is 13.2 Å². The van der Waals surface area contributed by atoms with E-state index in [2.05, 4.69) is 23.9 Å². The van der Waals surface area contributed by atoms with Crippen molar-refractivity contribution < 1.29 is 13.2 Å². The molecule has 3 rings (SSSR count). The highest BCUT2D eigenvalue weighted by atomic mass is 32.2. The molecule has 3 aromatic carbocycles. The first-order chi connectivity index (χ1) is 14.3. The normalized spacial score (nSPS) is 12.4. The number of carbonyl (C=O) groups excluding carboxylic acids is 1. The van der Waals surface area contributed by atoms with Crippen LogP contribution >= 0.6 is 0 Å². The van der Waals surface area contributed by atoms with Crippen LogP contribution in [-0.4, -0.2) is 14.3 Å². The molecule has 0 radical (unpaired) electrons. The van der Waals surface area contributed by atoms with Crippen molar-refractivity contribution in [1.29, 1.82) is 0 Å². The van der Waals surface area contributed by atoms with Crippen LogP contribution in [0.3, 0.4) is 0 Å². The summed E-state index contributed by atoms with van der Waals surface area (Å²) in [5.74, 6) is 0.0152. The smallest absolute Gasteiger partial charge is 0.261 e. The Kier molecular flexibility index (Phi) is 6.57. The molecule has 0 aliphatic carbocycles. The Morgan fingerprint density at radius 1 is 0.833 bits per heavy atom. The van der Waals surface area contributed by atoms with Crippen LogP contribution in [0.1, 0.15) is 41.4 Å². The lowest BCUT2D eigenvalue weighted by molar-refractivity contribution is 0.0925. The van der Waals surface area contributed by atoms with Crippen LogP contribution in [0.2, 0.25) is 0 Å². The lowest BCUT2D eigenvalue weighted by atomic mass is 9.92. The quantitative estimate of drug-likeness (QED) is 0.567. The van der Waals surface area contributed by atoms with Crippen LogP contribution in [0, 0.1) is 12.8 Å². The molecule has 5 nitrogen and oxygen atoms in total. The van der Waals surface area contributed by atoms with Gasteiger partial charge in [0, 0.05) is 11.3 Å². The number of carbonyl (C=O) groups is 1. The average molecular weight is 423 g/mol. The first-order valence-corrected chi connectivity index (χ1v) is 11.3. The summed E-state index contributed by atoms with van der Waals surface area (Å²) in [6, 6.07) is 22.5. The highest BCUT2D eigenvalue weighted by Crippen LogP contribution is 2.25. The molecule has 2 N–H and O–H groups in total. The van der Waals surface area contributed by atoms with E-state index < -0.39 is 10.0 Å². The Labute approximate surface area is 178 Å². The van der Waals surface area contributed by atoms with Gasteiger partial charge in [0.25, 0.3) is 15.9 Å². The lowest BCUT2D eigenvalue weighted by Gasteiger charge is -2.24. The molecule has 0 bridgehead atoms. The van der Waals surface area contributed by atoms with Gasteiger partial charge in [-0.05, 0) is 60.4 Å². The number of hydrogen-bond donors (Lipinski definition) is 2. The molecule has 1 amide bonds. The summed E-state index contributed by atoms with van der Waals surface area (Å²) in [6.07, 6.45) is 0. The summed E-state index contributed by atoms with van der Waals surface area (Å²) in [5.41, 5.74) is 3.09. The molecule has 0 spiro atoms. The van der Waals surface area contributed by atoms with Crippen LogP contribution in [-0.2, 0) is 10.0 Å². The topological polar surface area (TPSA) is 75.3 Å². The van der Waals surface area contributed by atoms with E-state index in [1.807, 2.05) is 31.2 Å². The molecule has 0 aliphatic rings. The maximum Gasteiger partial charge on any atom is 0.261 e. The third kappa shape index (κ3) is 5.07. The summed E-state index contributed by atoms with van der Waals surface area (Å²) >= 11 is 0. The Bertz CT molecular complexity index is 1110. The van der Waals surface area contributed by atoms with Gasteiger partial charge in [-0.25, -0.2) is 8.42 Å². The fraction of sp³-hybridized carbons (Fsp3) is 0.208. The number of anilines is 1. The van der Waals surface area contributed by atoms with Crippen LogP contribution in [0.15, 0.2) is 83.8 Å². The third-order valence-corrected chi connectivity index (χ3v) is 6.33. The summed E-state index contributed by atoms with van der Waals surface area (Å²) < 4.78 is 27.4. The summed E-state index contributed by atoms with van der Waals surface area (Å²) in [6.45, 7) is 6.17. The van der Waals surface area contributed by atoms with E-state index >= 15 is 0 Å². The largest absolute Gasteiger partial charge is 0.345 e. The van der Waals surface area contributed by atoms with E-state index in [0.29, 0.717) is 11.3 Å². The zero-order valence-electron chi connectivity index (χ0n) is 17.3. The van der Waals surface area contributed by atoms with Crippen molar-refractivity contribution in [3.05, 3.63) is 95.6 Å². The van der Waals surface area contributed by atoms with Gasteiger partial charge in [0.2, 0.25) is 0 Å². The van der Waals surface area contributed by atoms with Crippen molar-refractivity contribution in [2.24, 2.45) is 5.92 Å². The molecule has 0 heterocycles. The van der Waals surface area contributed by atoms with Crippen LogP contribution in [0.5, 0.6) is 0 Å². The van der Waals surface area contributed by atoms with Crippen molar-refractivity contribution in [2.75, 3.05) is 4.72 Å². The monoisotopic (exact) mass is 422 g/mol. The Morgan fingerprint density at radius 2 is 1.43 bits per heavy atom. The highest BCUT2D eigenvalue weighted by molar-refractivity contribution is 7.92. The molecule has 1 atom stereocenters. The van der Waals surface area contributed by atoms with E-state index in [0.717, 1.165) is 11.1 Å². The first-order valence-electron chi connectivity index (χ1n) is 9.82. The first kappa shape index (κ1) is 21.6. The highest BCUT2D eigenvalue weighted by Gasteiger charge is 2.21. The number of nitrogens with one attached hydrogen (secondary N) is 2. The molecule has 3 aromatic rings. The second-order valence-electron chi connectivity index (χ2n) is 7.55. The molecule has 0 saturated heterocycles. The predicted octanol–water partition coefficient (Wildman–Crippen LogP) is 4.92. The van der Waals surface area contributed by atoms with E-state index in [1.54, 1.807) is 42.5 Å². The number of rotatable bonds is 7. The SMILES string of the molecule is Cc1ccccc1[C@@H](NC(=O)c1ccc(NS(=O)(=O)c2ccccc2)cc1)C(C)C. The molecule has 0 fully saturated rings. The maximum absolute atomic E-state index is 12.8. The van der Waals surface area contributed by atoms with Gasteiger partial charge in [-0.3, -0.25) is 9.52 Å². The Hall–Kier alpha value is -3.12. The van der Waals surface area contributed by atoms with Gasteiger partial charge in [0.15, 0.2) is 0 Å². The van der Waals surface area contributed by atoms with Gasteiger partial charge in [0.1, 0.15) is 0 Å². The molecule has 0 saturated carbocycles. The fourth-order valence-electron chi connectivity index (χ4n) is 3.27. The summed E-state index contributed by atoms with van der Waals surface area (Å²) in [7, 11) is -3.67. The molecule has 6 heteroatoms. The summed E-state index contributed by atoms with van der Waals surface area (Å²) in [4.78, 5) is 13.0. The van der Waals surface area contributed by atoms with Crippen LogP contribution in [0.25, 0.3) is 0 Å². The minimum absolute atomic E-state index is 0.116. The molecule has 156 valence electrons. The van der Waals surface area contributed by atoms with Gasteiger partial charge in [-0.2, -0.15) is 0 Å². The van der Waals surface area contributed by atoms with Gasteiger partial charge < -0.3 is 5.32 Å². The van der Waals surface area contributed by atoms with Crippen molar-refractivity contribution in [3.63, 3.8) is 0 Å². The maximum atomic E-state index is 12.8. The lowest BCUT2D eigenvalue weighted by Crippen LogP contribution is -2.32. The van der Waals surface area contributed by atoms with E-state index in [-0.39, 0.29) is 22.8 Å². The minimum Gasteiger partial charge on any atom is -0.345 e. The second kappa shape index (κ2) is 9.13. The molecule has 0 unspecified atom stereocenters. The van der Waals surface area contributed by atoms with Crippen molar-refractivity contribution in [1.82, 2.24) is 5.32 Å². The molecule has 0 aliphatic heterocycles. The van der Waals surface area contributed by atoms with Crippen LogP contribution in [0.4, 0.5) is 5.69 Å². The number of benzene rings is 3. The Balaban J connectivity index is 1.74. The number of hydrogen-bond acceptors (Lipinski definition) is 3. The molecule has 30 heavy (non-hydrogen) atoms. The zero-order chi connectivity index (χ0) is 21.7. The Morgan fingerprint density at radius 3 is 2.03 bits per heavy atom. The predicted molar refractivity (Wildman–Crippen MR) is 120 cm³/mol. The van der Waals surface area contributed by atoms with Gasteiger partial charge in [-0.15, -0.1) is 0 Å². The minimum atomic E-state index is -3.67. The van der Waals surface area contributed by atoms with Crippen LogP contribution < -0.4 is 10.0 Å². The van der Waals surface area contributed by atoms with Crippen molar-refractivity contribution in [3.8, 4) is 0 Å². The van der Waals surface area contributed by atoms with Crippen molar-refractivity contribution in [2.45, 2.75) is 31.7 Å². The summed E-state index contributed by atoms with van der Waals surface area (Å²) in [5, 5.41) is 3.11.